The van der Waals surface area contributed by atoms with E-state index in [-0.39, 0.29) is 17.8 Å². The normalized spacial score (nSPS) is 21.0. The predicted molar refractivity (Wildman–Crippen MR) is 112 cm³/mol. The number of hydrogen-bond donors (Lipinski definition) is 1. The zero-order valence-electron chi connectivity index (χ0n) is 17.0. The van der Waals surface area contributed by atoms with Crippen molar-refractivity contribution < 1.29 is 14.3 Å². The number of esters is 1. The molecule has 1 atom stereocenters. The highest BCUT2D eigenvalue weighted by Crippen LogP contribution is 2.22. The second-order valence-corrected chi connectivity index (χ2v) is 7.82. The van der Waals surface area contributed by atoms with Gasteiger partial charge in [0.2, 0.25) is 5.91 Å². The van der Waals surface area contributed by atoms with Gasteiger partial charge in [0.05, 0.1) is 19.1 Å². The molecule has 2 aliphatic heterocycles. The number of rotatable bonds is 6. The largest absolute Gasteiger partial charge is 0.466 e. The Morgan fingerprint density at radius 2 is 1.75 bits per heavy atom. The van der Waals surface area contributed by atoms with Crippen molar-refractivity contribution in [1.82, 2.24) is 4.90 Å². The van der Waals surface area contributed by atoms with E-state index in [1.165, 1.54) is 31.4 Å². The number of amides is 1. The lowest BCUT2D eigenvalue weighted by molar-refractivity contribution is -0.150. The first-order chi connectivity index (χ1) is 13.7. The van der Waals surface area contributed by atoms with E-state index in [2.05, 4.69) is 22.3 Å². The minimum Gasteiger partial charge on any atom is -0.466 e. The quantitative estimate of drug-likeness (QED) is 0.759. The van der Waals surface area contributed by atoms with Crippen molar-refractivity contribution in [2.45, 2.75) is 45.4 Å². The van der Waals surface area contributed by atoms with Crippen LogP contribution >= 0.6 is 0 Å². The van der Waals surface area contributed by atoms with E-state index in [1.54, 1.807) is 0 Å². The number of nitrogens with zero attached hydrogens (tertiary/aromatic N) is 2. The Bertz CT molecular complexity index is 639. The molecule has 0 unspecified atom stereocenters. The Labute approximate surface area is 168 Å². The highest BCUT2D eigenvalue weighted by molar-refractivity contribution is 5.92. The van der Waals surface area contributed by atoms with Gasteiger partial charge in [-0.3, -0.25) is 14.5 Å². The second-order valence-electron chi connectivity index (χ2n) is 7.82. The number of carbonyl (C=O) groups is 2. The topological polar surface area (TPSA) is 61.9 Å². The molecule has 0 aromatic heterocycles. The van der Waals surface area contributed by atoms with Crippen molar-refractivity contribution in [2.24, 2.45) is 5.92 Å². The van der Waals surface area contributed by atoms with Crippen LogP contribution < -0.4 is 10.2 Å². The van der Waals surface area contributed by atoms with E-state index in [0.717, 1.165) is 38.2 Å². The fraction of sp³-hybridized carbons (Fsp3) is 0.636. The van der Waals surface area contributed by atoms with E-state index in [4.69, 9.17) is 4.74 Å². The zero-order valence-corrected chi connectivity index (χ0v) is 17.0. The Morgan fingerprint density at radius 3 is 2.43 bits per heavy atom. The van der Waals surface area contributed by atoms with Gasteiger partial charge < -0.3 is 15.0 Å². The molecule has 1 amide bonds. The van der Waals surface area contributed by atoms with Gasteiger partial charge in [-0.1, -0.05) is 12.8 Å². The molecule has 1 aromatic carbocycles. The van der Waals surface area contributed by atoms with Crippen LogP contribution in [0.4, 0.5) is 11.4 Å². The standard InChI is InChI=1S/C22H33N3O3/c1-2-28-22(27)18-8-7-13-24(16-18)17-21(26)23-19-9-11-20(12-10-19)25-14-5-3-4-6-15-25/h9-12,18H,2-8,13-17H2,1H3,(H,23,26)/t18-/m1/s1. The third-order valence-corrected chi connectivity index (χ3v) is 5.61. The summed E-state index contributed by atoms with van der Waals surface area (Å²) in [6.45, 7) is 6.21. The summed E-state index contributed by atoms with van der Waals surface area (Å²) < 4.78 is 5.13. The Kier molecular flexibility index (Phi) is 7.71. The molecule has 28 heavy (non-hydrogen) atoms. The van der Waals surface area contributed by atoms with Gasteiger partial charge in [0, 0.05) is 31.0 Å². The summed E-state index contributed by atoms with van der Waals surface area (Å²) in [4.78, 5) is 28.9. The minimum atomic E-state index is -0.142. The van der Waals surface area contributed by atoms with Crippen LogP contribution in [0.2, 0.25) is 0 Å². The smallest absolute Gasteiger partial charge is 0.310 e. The van der Waals surface area contributed by atoms with Crippen LogP contribution in [-0.4, -0.2) is 56.1 Å². The minimum absolute atomic E-state index is 0.0352. The van der Waals surface area contributed by atoms with E-state index in [9.17, 15) is 9.59 Å². The second kappa shape index (κ2) is 10.5. The van der Waals surface area contributed by atoms with Crippen LogP contribution in [0.5, 0.6) is 0 Å². The van der Waals surface area contributed by atoms with Crippen LogP contribution in [0.25, 0.3) is 0 Å². The average molecular weight is 388 g/mol. The summed E-state index contributed by atoms with van der Waals surface area (Å²) >= 11 is 0. The Hall–Kier alpha value is -2.08. The SMILES string of the molecule is CCOC(=O)[C@@H]1CCCN(CC(=O)Nc2ccc(N3CCCCCC3)cc2)C1. The molecule has 2 fully saturated rings. The number of ether oxygens (including phenoxy) is 1. The number of piperidine rings is 1. The molecule has 3 rings (SSSR count). The van der Waals surface area contributed by atoms with Crippen LogP contribution in [0.1, 0.15) is 45.4 Å². The number of carbonyl (C=O) groups excluding carboxylic acids is 2. The van der Waals surface area contributed by atoms with E-state index in [1.807, 2.05) is 24.0 Å². The molecular formula is C22H33N3O3. The summed E-state index contributed by atoms with van der Waals surface area (Å²) in [6, 6.07) is 8.16. The van der Waals surface area contributed by atoms with Gasteiger partial charge in [0.1, 0.15) is 0 Å². The van der Waals surface area contributed by atoms with Crippen LogP contribution in [0.3, 0.4) is 0 Å². The molecule has 6 nitrogen and oxygen atoms in total. The Balaban J connectivity index is 1.48. The maximum absolute atomic E-state index is 12.4. The maximum atomic E-state index is 12.4. The maximum Gasteiger partial charge on any atom is 0.310 e. The molecule has 0 spiro atoms. The van der Waals surface area contributed by atoms with Crippen molar-refractivity contribution in [1.29, 1.82) is 0 Å². The molecule has 6 heteroatoms. The third-order valence-electron chi connectivity index (χ3n) is 5.61. The van der Waals surface area contributed by atoms with Crippen molar-refractivity contribution in [3.63, 3.8) is 0 Å². The highest BCUT2D eigenvalue weighted by atomic mass is 16.5. The van der Waals surface area contributed by atoms with Gasteiger partial charge >= 0.3 is 5.97 Å². The number of hydrogen-bond acceptors (Lipinski definition) is 5. The molecule has 0 aliphatic carbocycles. The monoisotopic (exact) mass is 387 g/mol. The molecule has 2 heterocycles. The van der Waals surface area contributed by atoms with Crippen molar-refractivity contribution >= 4 is 23.3 Å². The zero-order chi connectivity index (χ0) is 19.8. The third kappa shape index (κ3) is 5.96. The lowest BCUT2D eigenvalue weighted by atomic mass is 9.98. The van der Waals surface area contributed by atoms with Crippen molar-refractivity contribution in [3.8, 4) is 0 Å². The highest BCUT2D eigenvalue weighted by Gasteiger charge is 2.27. The van der Waals surface area contributed by atoms with Gasteiger partial charge in [-0.2, -0.15) is 0 Å². The first-order valence-corrected chi connectivity index (χ1v) is 10.7. The molecule has 0 radical (unpaired) electrons. The number of nitrogens with one attached hydrogen (secondary N) is 1. The molecule has 0 bridgehead atoms. The number of anilines is 2. The summed E-state index contributed by atoms with van der Waals surface area (Å²) in [5.74, 6) is -0.293. The number of benzene rings is 1. The van der Waals surface area contributed by atoms with Gasteiger partial charge in [-0.25, -0.2) is 0 Å². The first kappa shape index (κ1) is 20.6. The molecule has 154 valence electrons. The summed E-state index contributed by atoms with van der Waals surface area (Å²) in [5.41, 5.74) is 2.05. The first-order valence-electron chi connectivity index (χ1n) is 10.7. The van der Waals surface area contributed by atoms with Gasteiger partial charge in [0.25, 0.3) is 0 Å². The van der Waals surface area contributed by atoms with Crippen LogP contribution in [0, 0.1) is 5.92 Å². The summed E-state index contributed by atoms with van der Waals surface area (Å²) in [5, 5.41) is 2.99. The fourth-order valence-electron chi connectivity index (χ4n) is 4.14. The van der Waals surface area contributed by atoms with Crippen molar-refractivity contribution in [3.05, 3.63) is 24.3 Å². The lowest BCUT2D eigenvalue weighted by Crippen LogP contribution is -2.43. The lowest BCUT2D eigenvalue weighted by Gasteiger charge is -2.30. The molecule has 2 aliphatic rings. The van der Waals surface area contributed by atoms with Gasteiger partial charge in [-0.05, 0) is 63.4 Å². The molecule has 2 saturated heterocycles. The van der Waals surface area contributed by atoms with Gasteiger partial charge in [0.15, 0.2) is 0 Å². The molecular weight excluding hydrogens is 354 g/mol. The van der Waals surface area contributed by atoms with Gasteiger partial charge in [-0.15, -0.1) is 0 Å². The molecule has 1 N–H and O–H groups in total. The molecule has 1 aromatic rings. The summed E-state index contributed by atoms with van der Waals surface area (Å²) in [7, 11) is 0. The van der Waals surface area contributed by atoms with E-state index < -0.39 is 0 Å². The van der Waals surface area contributed by atoms with Crippen LogP contribution in [-0.2, 0) is 14.3 Å². The van der Waals surface area contributed by atoms with E-state index in [0.29, 0.717) is 19.7 Å². The molecule has 0 saturated carbocycles. The number of likely N-dealkylation sites (tertiary alicyclic amines) is 1. The van der Waals surface area contributed by atoms with Crippen LogP contribution in [0.15, 0.2) is 24.3 Å². The predicted octanol–water partition coefficient (Wildman–Crippen LogP) is 3.28. The Morgan fingerprint density at radius 1 is 1.04 bits per heavy atom. The van der Waals surface area contributed by atoms with Crippen molar-refractivity contribution in [2.75, 3.05) is 49.5 Å². The van der Waals surface area contributed by atoms with E-state index >= 15 is 0 Å². The average Bonchev–Trinajstić information content (AvgIpc) is 2.98. The fourth-order valence-corrected chi connectivity index (χ4v) is 4.14. The summed E-state index contributed by atoms with van der Waals surface area (Å²) in [6.07, 6.45) is 6.90.